The van der Waals surface area contributed by atoms with Crippen LogP contribution in [-0.4, -0.2) is 19.0 Å². The highest BCUT2D eigenvalue weighted by Crippen LogP contribution is 2.23. The van der Waals surface area contributed by atoms with Crippen LogP contribution in [0.1, 0.15) is 31.4 Å². The van der Waals surface area contributed by atoms with Crippen LogP contribution in [0.2, 0.25) is 0 Å². The molecule has 1 aromatic carbocycles. The van der Waals surface area contributed by atoms with E-state index in [2.05, 4.69) is 26.6 Å². The Kier molecular flexibility index (Phi) is 4.78. The maximum atomic E-state index is 12.1. The second kappa shape index (κ2) is 6.34. The molecule has 1 unspecified atom stereocenters. The second-order valence-corrected chi connectivity index (χ2v) is 5.65. The first-order valence-electron chi connectivity index (χ1n) is 6.44. The summed E-state index contributed by atoms with van der Waals surface area (Å²) in [6, 6.07) is 8.04. The van der Waals surface area contributed by atoms with Gasteiger partial charge in [0.2, 0.25) is 5.91 Å². The molecule has 1 heterocycles. The fourth-order valence-electron chi connectivity index (χ4n) is 2.31. The van der Waals surface area contributed by atoms with Crippen molar-refractivity contribution in [3.05, 3.63) is 34.3 Å². The van der Waals surface area contributed by atoms with Gasteiger partial charge in [-0.25, -0.2) is 0 Å². The number of hydrogen-bond donors (Lipinski definition) is 2. The Labute approximate surface area is 116 Å². The van der Waals surface area contributed by atoms with Gasteiger partial charge in [-0.05, 0) is 37.9 Å². The number of nitrogens with one attached hydrogen (secondary N) is 2. The Balaban J connectivity index is 1.96. The van der Waals surface area contributed by atoms with Crippen LogP contribution in [0.4, 0.5) is 0 Å². The quantitative estimate of drug-likeness (QED) is 0.901. The Bertz CT molecular complexity index is 416. The number of benzene rings is 1. The van der Waals surface area contributed by atoms with E-state index in [1.807, 2.05) is 31.2 Å². The third-order valence-electron chi connectivity index (χ3n) is 3.40. The van der Waals surface area contributed by atoms with Crippen molar-refractivity contribution in [3.63, 3.8) is 0 Å². The lowest BCUT2D eigenvalue weighted by Crippen LogP contribution is -2.41. The van der Waals surface area contributed by atoms with Crippen molar-refractivity contribution in [1.29, 1.82) is 0 Å². The Morgan fingerprint density at radius 2 is 2.28 bits per heavy atom. The average Bonchev–Trinajstić information content (AvgIpc) is 2.40. The summed E-state index contributed by atoms with van der Waals surface area (Å²) in [6.45, 7) is 3.85. The molecule has 98 valence electrons. The highest BCUT2D eigenvalue weighted by atomic mass is 79.9. The van der Waals surface area contributed by atoms with Crippen LogP contribution in [0.3, 0.4) is 0 Å². The molecule has 0 saturated carbocycles. The molecule has 0 aromatic heterocycles. The van der Waals surface area contributed by atoms with Gasteiger partial charge in [-0.3, -0.25) is 4.79 Å². The van der Waals surface area contributed by atoms with Crippen LogP contribution in [0, 0.1) is 5.92 Å². The zero-order chi connectivity index (χ0) is 13.0. The predicted octanol–water partition coefficient (Wildman–Crippen LogP) is 2.63. The standard InChI is InChI=1S/C14H19BrN2O/c1-10(12-6-2-3-7-13(12)15)17-14(18)11-5-4-8-16-9-11/h2-3,6-7,10-11,16H,4-5,8-9H2,1H3,(H,17,18)/t10-,11?/m1/s1. The number of amides is 1. The maximum Gasteiger partial charge on any atom is 0.224 e. The zero-order valence-corrected chi connectivity index (χ0v) is 12.2. The van der Waals surface area contributed by atoms with E-state index in [0.29, 0.717) is 0 Å². The fraction of sp³-hybridized carbons (Fsp3) is 0.500. The first kappa shape index (κ1) is 13.6. The first-order valence-corrected chi connectivity index (χ1v) is 7.23. The number of halogens is 1. The Morgan fingerprint density at radius 3 is 2.94 bits per heavy atom. The molecule has 2 N–H and O–H groups in total. The molecular formula is C14H19BrN2O. The minimum Gasteiger partial charge on any atom is -0.349 e. The number of piperidine rings is 1. The molecule has 1 aliphatic heterocycles. The van der Waals surface area contributed by atoms with E-state index in [9.17, 15) is 4.79 Å². The summed E-state index contributed by atoms with van der Waals surface area (Å²) >= 11 is 3.52. The van der Waals surface area contributed by atoms with Gasteiger partial charge in [0.15, 0.2) is 0 Å². The molecule has 0 aliphatic carbocycles. The van der Waals surface area contributed by atoms with Gasteiger partial charge in [-0.2, -0.15) is 0 Å². The van der Waals surface area contributed by atoms with E-state index in [1.54, 1.807) is 0 Å². The molecule has 1 aliphatic rings. The second-order valence-electron chi connectivity index (χ2n) is 4.80. The minimum atomic E-state index is 0.0370. The van der Waals surface area contributed by atoms with E-state index in [-0.39, 0.29) is 17.9 Å². The van der Waals surface area contributed by atoms with Gasteiger partial charge >= 0.3 is 0 Å². The summed E-state index contributed by atoms with van der Waals surface area (Å²) in [5, 5.41) is 6.37. The lowest BCUT2D eigenvalue weighted by atomic mass is 9.98. The molecule has 1 fully saturated rings. The topological polar surface area (TPSA) is 41.1 Å². The summed E-state index contributed by atoms with van der Waals surface area (Å²) in [7, 11) is 0. The third-order valence-corrected chi connectivity index (χ3v) is 4.12. The molecule has 1 aromatic rings. The normalized spacial score (nSPS) is 21.3. The summed E-state index contributed by atoms with van der Waals surface area (Å²) < 4.78 is 1.04. The number of rotatable bonds is 3. The van der Waals surface area contributed by atoms with Crippen molar-refractivity contribution in [1.82, 2.24) is 10.6 Å². The van der Waals surface area contributed by atoms with Crippen molar-refractivity contribution in [2.45, 2.75) is 25.8 Å². The molecule has 18 heavy (non-hydrogen) atoms. The summed E-state index contributed by atoms with van der Waals surface area (Å²) in [4.78, 5) is 12.1. The monoisotopic (exact) mass is 310 g/mol. The largest absolute Gasteiger partial charge is 0.349 e. The van der Waals surface area contributed by atoms with Crippen LogP contribution in [-0.2, 0) is 4.79 Å². The van der Waals surface area contributed by atoms with Crippen molar-refractivity contribution < 1.29 is 4.79 Å². The van der Waals surface area contributed by atoms with Crippen molar-refractivity contribution in [2.24, 2.45) is 5.92 Å². The molecule has 0 spiro atoms. The molecule has 0 bridgehead atoms. The summed E-state index contributed by atoms with van der Waals surface area (Å²) in [5.41, 5.74) is 1.12. The number of hydrogen-bond acceptors (Lipinski definition) is 2. The molecular weight excluding hydrogens is 292 g/mol. The van der Waals surface area contributed by atoms with Crippen molar-refractivity contribution in [3.8, 4) is 0 Å². The Morgan fingerprint density at radius 1 is 1.50 bits per heavy atom. The predicted molar refractivity (Wildman–Crippen MR) is 76.3 cm³/mol. The van der Waals surface area contributed by atoms with E-state index >= 15 is 0 Å². The SMILES string of the molecule is C[C@@H](NC(=O)C1CCCNC1)c1ccccc1Br. The van der Waals surface area contributed by atoms with E-state index in [1.165, 1.54) is 0 Å². The van der Waals surface area contributed by atoms with Gasteiger partial charge < -0.3 is 10.6 Å². The highest BCUT2D eigenvalue weighted by molar-refractivity contribution is 9.10. The molecule has 4 heteroatoms. The van der Waals surface area contributed by atoms with Gasteiger partial charge in [0.1, 0.15) is 0 Å². The number of carbonyl (C=O) groups excluding carboxylic acids is 1. The van der Waals surface area contributed by atoms with Crippen LogP contribution < -0.4 is 10.6 Å². The van der Waals surface area contributed by atoms with E-state index in [0.717, 1.165) is 36.0 Å². The van der Waals surface area contributed by atoms with Crippen LogP contribution >= 0.6 is 15.9 Å². The van der Waals surface area contributed by atoms with Gasteiger partial charge in [0.05, 0.1) is 12.0 Å². The van der Waals surface area contributed by atoms with Crippen LogP contribution in [0.5, 0.6) is 0 Å². The molecule has 2 atom stereocenters. The maximum absolute atomic E-state index is 12.1. The summed E-state index contributed by atoms with van der Waals surface area (Å²) in [5.74, 6) is 0.272. The molecule has 1 saturated heterocycles. The van der Waals surface area contributed by atoms with E-state index < -0.39 is 0 Å². The van der Waals surface area contributed by atoms with Gasteiger partial charge in [0, 0.05) is 11.0 Å². The third kappa shape index (κ3) is 3.33. The van der Waals surface area contributed by atoms with Gasteiger partial charge in [0.25, 0.3) is 0 Å². The van der Waals surface area contributed by atoms with Crippen LogP contribution in [0.25, 0.3) is 0 Å². The molecule has 0 radical (unpaired) electrons. The zero-order valence-electron chi connectivity index (χ0n) is 10.6. The van der Waals surface area contributed by atoms with Gasteiger partial charge in [-0.15, -0.1) is 0 Å². The van der Waals surface area contributed by atoms with Crippen LogP contribution in [0.15, 0.2) is 28.7 Å². The molecule has 3 nitrogen and oxygen atoms in total. The molecule has 1 amide bonds. The first-order chi connectivity index (χ1) is 8.68. The fourth-order valence-corrected chi connectivity index (χ4v) is 2.94. The number of carbonyl (C=O) groups is 1. The Hall–Kier alpha value is -0.870. The highest BCUT2D eigenvalue weighted by Gasteiger charge is 2.22. The lowest BCUT2D eigenvalue weighted by molar-refractivity contribution is -0.126. The van der Waals surface area contributed by atoms with E-state index in [4.69, 9.17) is 0 Å². The smallest absolute Gasteiger partial charge is 0.224 e. The minimum absolute atomic E-state index is 0.0370. The van der Waals surface area contributed by atoms with Crippen molar-refractivity contribution in [2.75, 3.05) is 13.1 Å². The average molecular weight is 311 g/mol. The lowest BCUT2D eigenvalue weighted by Gasteiger charge is -2.24. The molecule has 2 rings (SSSR count). The van der Waals surface area contributed by atoms with Gasteiger partial charge in [-0.1, -0.05) is 34.1 Å². The van der Waals surface area contributed by atoms with Crippen molar-refractivity contribution >= 4 is 21.8 Å². The summed E-state index contributed by atoms with van der Waals surface area (Å²) in [6.07, 6.45) is 2.07.